The van der Waals surface area contributed by atoms with Crippen LogP contribution in [0.5, 0.6) is 0 Å². The number of aromatic amines is 1. The first-order valence-electron chi connectivity index (χ1n) is 8.40. The number of hydrogen-bond acceptors (Lipinski definition) is 6. The number of piperazine rings is 1. The molecule has 10 heteroatoms. The molecule has 1 amide bonds. The van der Waals surface area contributed by atoms with E-state index in [2.05, 4.69) is 4.98 Å². The van der Waals surface area contributed by atoms with Crippen molar-refractivity contribution in [1.29, 1.82) is 0 Å². The second-order valence-corrected chi connectivity index (χ2v) is 9.37. The first-order valence-corrected chi connectivity index (χ1v) is 10.7. The van der Waals surface area contributed by atoms with Crippen LogP contribution < -0.4 is 4.87 Å². The molecule has 1 saturated heterocycles. The van der Waals surface area contributed by atoms with Gasteiger partial charge in [-0.1, -0.05) is 23.5 Å². The second-order valence-electron chi connectivity index (χ2n) is 6.26. The molecule has 2 aromatic rings. The predicted molar refractivity (Wildman–Crippen MR) is 101 cm³/mol. The SMILES string of the molecule is COCc1cccc(C(=O)N2CCN(S(=O)(=O)c3sc(=O)[nH]c3C)CC2)c1. The Morgan fingerprint density at radius 2 is 1.96 bits per heavy atom. The van der Waals surface area contributed by atoms with Crippen LogP contribution in [-0.4, -0.2) is 61.8 Å². The molecule has 0 spiro atoms. The average molecular weight is 412 g/mol. The van der Waals surface area contributed by atoms with Gasteiger partial charge in [-0.15, -0.1) is 0 Å². The Hall–Kier alpha value is -2.01. The molecule has 0 bridgehead atoms. The van der Waals surface area contributed by atoms with E-state index in [1.165, 1.54) is 4.31 Å². The van der Waals surface area contributed by atoms with Gasteiger partial charge in [-0.05, 0) is 24.6 Å². The van der Waals surface area contributed by atoms with E-state index < -0.39 is 14.9 Å². The number of amides is 1. The maximum atomic E-state index is 12.7. The van der Waals surface area contributed by atoms with Crippen molar-refractivity contribution >= 4 is 27.3 Å². The number of carbonyl (C=O) groups excluding carboxylic acids is 1. The Bertz CT molecular complexity index is 988. The molecule has 0 aliphatic carbocycles. The molecular weight excluding hydrogens is 390 g/mol. The minimum Gasteiger partial charge on any atom is -0.380 e. The average Bonchev–Trinajstić information content (AvgIpc) is 3.01. The summed E-state index contributed by atoms with van der Waals surface area (Å²) in [7, 11) is -2.14. The predicted octanol–water partition coefficient (Wildman–Crippen LogP) is 1.04. The molecule has 1 N–H and O–H groups in total. The van der Waals surface area contributed by atoms with Gasteiger partial charge in [0, 0.05) is 44.5 Å². The molecule has 0 saturated carbocycles. The van der Waals surface area contributed by atoms with Gasteiger partial charge >= 0.3 is 4.87 Å². The highest BCUT2D eigenvalue weighted by Gasteiger charge is 2.32. The zero-order valence-corrected chi connectivity index (χ0v) is 16.7. The summed E-state index contributed by atoms with van der Waals surface area (Å²) >= 11 is 0.692. The number of ether oxygens (including phenoxy) is 1. The molecule has 0 radical (unpaired) electrons. The highest BCUT2D eigenvalue weighted by molar-refractivity contribution is 7.91. The summed E-state index contributed by atoms with van der Waals surface area (Å²) in [4.78, 5) is 27.9. The Kier molecular flexibility index (Phi) is 5.80. The van der Waals surface area contributed by atoms with Gasteiger partial charge in [0.05, 0.1) is 6.61 Å². The number of aryl methyl sites for hydroxylation is 1. The van der Waals surface area contributed by atoms with Gasteiger partial charge in [0.25, 0.3) is 15.9 Å². The maximum absolute atomic E-state index is 12.7. The maximum Gasteiger partial charge on any atom is 0.305 e. The number of H-pyrrole nitrogens is 1. The molecule has 27 heavy (non-hydrogen) atoms. The number of nitrogens with zero attached hydrogens (tertiary/aromatic N) is 2. The summed E-state index contributed by atoms with van der Waals surface area (Å²) in [6.07, 6.45) is 0. The van der Waals surface area contributed by atoms with Crippen molar-refractivity contribution in [3.05, 3.63) is 50.8 Å². The Morgan fingerprint density at radius 1 is 1.26 bits per heavy atom. The monoisotopic (exact) mass is 411 g/mol. The number of nitrogens with one attached hydrogen (secondary N) is 1. The van der Waals surface area contributed by atoms with E-state index in [1.54, 1.807) is 37.1 Å². The van der Waals surface area contributed by atoms with E-state index in [9.17, 15) is 18.0 Å². The smallest absolute Gasteiger partial charge is 0.305 e. The molecule has 1 aliphatic heterocycles. The first kappa shape index (κ1) is 19.7. The highest BCUT2D eigenvalue weighted by atomic mass is 32.2. The number of rotatable bonds is 5. The normalized spacial score (nSPS) is 15.9. The summed E-state index contributed by atoms with van der Waals surface area (Å²) in [5.41, 5.74) is 1.81. The van der Waals surface area contributed by atoms with Crippen LogP contribution in [0.1, 0.15) is 21.6 Å². The first-order chi connectivity index (χ1) is 12.8. The Labute approximate surface area is 161 Å². The van der Waals surface area contributed by atoms with Crippen molar-refractivity contribution in [1.82, 2.24) is 14.2 Å². The van der Waals surface area contributed by atoms with Crippen LogP contribution in [0, 0.1) is 6.92 Å². The number of carbonyl (C=O) groups is 1. The van der Waals surface area contributed by atoms with E-state index in [-0.39, 0.29) is 23.2 Å². The van der Waals surface area contributed by atoms with Crippen LogP contribution in [0.4, 0.5) is 0 Å². The van der Waals surface area contributed by atoms with Crippen molar-refractivity contribution in [2.24, 2.45) is 0 Å². The lowest BCUT2D eigenvalue weighted by atomic mass is 10.1. The quantitative estimate of drug-likeness (QED) is 0.792. The topological polar surface area (TPSA) is 99.8 Å². The molecule has 2 heterocycles. The van der Waals surface area contributed by atoms with E-state index in [0.717, 1.165) is 5.56 Å². The number of sulfonamides is 1. The molecule has 1 aliphatic rings. The fourth-order valence-corrected chi connectivity index (χ4v) is 5.89. The third kappa shape index (κ3) is 4.13. The van der Waals surface area contributed by atoms with E-state index in [4.69, 9.17) is 4.74 Å². The molecule has 1 aromatic heterocycles. The van der Waals surface area contributed by atoms with Gasteiger partial charge in [0.15, 0.2) is 4.21 Å². The largest absolute Gasteiger partial charge is 0.380 e. The van der Waals surface area contributed by atoms with Crippen LogP contribution in [0.25, 0.3) is 0 Å². The van der Waals surface area contributed by atoms with Crippen LogP contribution in [0.3, 0.4) is 0 Å². The van der Waals surface area contributed by atoms with E-state index in [0.29, 0.717) is 42.3 Å². The molecule has 1 aromatic carbocycles. The number of benzene rings is 1. The van der Waals surface area contributed by atoms with Crippen molar-refractivity contribution in [2.45, 2.75) is 17.7 Å². The van der Waals surface area contributed by atoms with Crippen LogP contribution >= 0.6 is 11.3 Å². The van der Waals surface area contributed by atoms with Gasteiger partial charge in [0.2, 0.25) is 0 Å². The van der Waals surface area contributed by atoms with Gasteiger partial charge in [-0.2, -0.15) is 4.31 Å². The van der Waals surface area contributed by atoms with Crippen LogP contribution in [-0.2, 0) is 21.4 Å². The van der Waals surface area contributed by atoms with E-state index in [1.807, 2.05) is 6.07 Å². The number of methoxy groups -OCH3 is 1. The number of thiazole rings is 1. The van der Waals surface area contributed by atoms with Gasteiger partial charge in [-0.3, -0.25) is 9.59 Å². The number of aromatic nitrogens is 1. The molecule has 3 rings (SSSR count). The van der Waals surface area contributed by atoms with Crippen molar-refractivity contribution < 1.29 is 17.9 Å². The fraction of sp³-hybridized carbons (Fsp3) is 0.412. The lowest BCUT2D eigenvalue weighted by Gasteiger charge is -2.33. The van der Waals surface area contributed by atoms with Crippen molar-refractivity contribution in [2.75, 3.05) is 33.3 Å². The zero-order chi connectivity index (χ0) is 19.6. The molecule has 0 atom stereocenters. The summed E-state index contributed by atoms with van der Waals surface area (Å²) < 4.78 is 31.9. The van der Waals surface area contributed by atoms with Crippen LogP contribution in [0.15, 0.2) is 33.3 Å². The van der Waals surface area contributed by atoms with Gasteiger partial charge in [-0.25, -0.2) is 8.42 Å². The third-order valence-electron chi connectivity index (χ3n) is 4.37. The minimum absolute atomic E-state index is 0.0412. The van der Waals surface area contributed by atoms with Crippen molar-refractivity contribution in [3.8, 4) is 0 Å². The molecule has 146 valence electrons. The number of hydrogen-bond donors (Lipinski definition) is 1. The van der Waals surface area contributed by atoms with E-state index >= 15 is 0 Å². The summed E-state index contributed by atoms with van der Waals surface area (Å²) in [5, 5.41) is 0. The van der Waals surface area contributed by atoms with Crippen LogP contribution in [0.2, 0.25) is 0 Å². The van der Waals surface area contributed by atoms with Gasteiger partial charge < -0.3 is 14.6 Å². The van der Waals surface area contributed by atoms with Gasteiger partial charge in [0.1, 0.15) is 0 Å². The lowest BCUT2D eigenvalue weighted by Crippen LogP contribution is -2.50. The molecule has 1 fully saturated rings. The molecule has 8 nitrogen and oxygen atoms in total. The summed E-state index contributed by atoms with van der Waals surface area (Å²) in [5.74, 6) is -0.132. The standard InChI is InChI=1S/C17H21N3O5S2/c1-12-16(26-17(22)18-12)27(23,24)20-8-6-19(7-9-20)15(21)14-5-3-4-13(10-14)11-25-2/h3-5,10H,6-9,11H2,1-2H3,(H,18,22). The molecule has 0 unspecified atom stereocenters. The third-order valence-corrected chi connectivity index (χ3v) is 7.85. The Balaban J connectivity index is 1.70. The minimum atomic E-state index is -3.73. The summed E-state index contributed by atoms with van der Waals surface area (Å²) in [6, 6.07) is 7.22. The highest BCUT2D eigenvalue weighted by Crippen LogP contribution is 2.22. The summed E-state index contributed by atoms with van der Waals surface area (Å²) in [6.45, 7) is 2.97. The Morgan fingerprint density at radius 3 is 2.56 bits per heavy atom. The zero-order valence-electron chi connectivity index (χ0n) is 15.1. The molecular formula is C17H21N3O5S2. The second kappa shape index (κ2) is 7.93. The lowest BCUT2D eigenvalue weighted by molar-refractivity contribution is 0.0697. The fourth-order valence-electron chi connectivity index (χ4n) is 3.03. The van der Waals surface area contributed by atoms with Crippen molar-refractivity contribution in [3.63, 3.8) is 0 Å².